The number of benzene rings is 3. The Morgan fingerprint density at radius 1 is 0.923 bits per heavy atom. The van der Waals surface area contributed by atoms with Crippen molar-refractivity contribution >= 4 is 27.5 Å². The molecule has 1 N–H and O–H groups in total. The molecule has 1 atom stereocenters. The molecule has 3 aromatic rings. The number of methoxy groups -OCH3 is 2. The van der Waals surface area contributed by atoms with Gasteiger partial charge >= 0.3 is 0 Å². The second-order valence-corrected chi connectivity index (χ2v) is 10.8. The maximum Gasteiger partial charge on any atom is 0.264 e. The number of nitrogens with one attached hydrogen (secondary N) is 1. The predicted octanol–water partition coefficient (Wildman–Crippen LogP) is 3.76. The highest BCUT2D eigenvalue weighted by Crippen LogP contribution is 2.28. The Kier molecular flexibility index (Phi) is 9.95. The van der Waals surface area contributed by atoms with E-state index in [2.05, 4.69) is 5.32 Å². The minimum absolute atomic E-state index is 0.0430. The summed E-state index contributed by atoms with van der Waals surface area (Å²) in [7, 11) is 0.372. The molecule has 39 heavy (non-hydrogen) atoms. The second kappa shape index (κ2) is 13.1. The third-order valence-corrected chi connectivity index (χ3v) is 8.14. The molecule has 0 spiro atoms. The van der Waals surface area contributed by atoms with Crippen LogP contribution < -0.4 is 19.1 Å². The number of rotatable bonds is 12. The monoisotopic (exact) mass is 553 g/mol. The van der Waals surface area contributed by atoms with Gasteiger partial charge in [0.15, 0.2) is 0 Å². The van der Waals surface area contributed by atoms with Gasteiger partial charge in [0.25, 0.3) is 10.0 Å². The van der Waals surface area contributed by atoms with E-state index in [4.69, 9.17) is 9.47 Å². The first-order chi connectivity index (χ1) is 18.6. The van der Waals surface area contributed by atoms with Gasteiger partial charge in [0.1, 0.15) is 24.1 Å². The molecule has 0 aliphatic heterocycles. The van der Waals surface area contributed by atoms with Crippen LogP contribution in [0.5, 0.6) is 11.5 Å². The molecule has 10 heteroatoms. The van der Waals surface area contributed by atoms with E-state index in [1.807, 2.05) is 13.0 Å². The fourth-order valence-corrected chi connectivity index (χ4v) is 5.59. The van der Waals surface area contributed by atoms with Crippen LogP contribution in [0.3, 0.4) is 0 Å². The molecule has 208 valence electrons. The number of aryl methyl sites for hydroxylation is 1. The zero-order valence-electron chi connectivity index (χ0n) is 22.9. The fraction of sp³-hybridized carbons (Fsp3) is 0.310. The van der Waals surface area contributed by atoms with Crippen molar-refractivity contribution in [2.75, 3.05) is 32.1 Å². The molecule has 2 amide bonds. The van der Waals surface area contributed by atoms with Crippen LogP contribution in [0, 0.1) is 6.92 Å². The van der Waals surface area contributed by atoms with E-state index in [-0.39, 0.29) is 23.0 Å². The van der Waals surface area contributed by atoms with Gasteiger partial charge in [0.2, 0.25) is 11.8 Å². The summed E-state index contributed by atoms with van der Waals surface area (Å²) in [4.78, 5) is 28.2. The van der Waals surface area contributed by atoms with E-state index in [9.17, 15) is 18.0 Å². The molecule has 9 nitrogen and oxygen atoms in total. The molecule has 0 unspecified atom stereocenters. The number of ether oxygens (including phenoxy) is 2. The van der Waals surface area contributed by atoms with E-state index in [1.165, 1.54) is 31.2 Å². The third kappa shape index (κ3) is 7.08. The minimum atomic E-state index is -4.16. The van der Waals surface area contributed by atoms with Crippen LogP contribution in [0.1, 0.15) is 24.5 Å². The van der Waals surface area contributed by atoms with Crippen LogP contribution in [0.2, 0.25) is 0 Å². The van der Waals surface area contributed by atoms with Gasteiger partial charge in [-0.1, -0.05) is 42.8 Å². The molecule has 0 saturated carbocycles. The lowest BCUT2D eigenvalue weighted by molar-refractivity contribution is -0.140. The van der Waals surface area contributed by atoms with Gasteiger partial charge in [-0.2, -0.15) is 0 Å². The van der Waals surface area contributed by atoms with Gasteiger partial charge in [0.05, 0.1) is 24.8 Å². The zero-order valence-corrected chi connectivity index (χ0v) is 23.7. The Labute approximate surface area is 230 Å². The van der Waals surface area contributed by atoms with Gasteiger partial charge in [-0.3, -0.25) is 13.9 Å². The quantitative estimate of drug-likeness (QED) is 0.366. The summed E-state index contributed by atoms with van der Waals surface area (Å²) in [5, 5.41) is 2.62. The minimum Gasteiger partial charge on any atom is -0.497 e. The van der Waals surface area contributed by atoms with E-state index in [1.54, 1.807) is 68.6 Å². The van der Waals surface area contributed by atoms with Crippen LogP contribution in [0.4, 0.5) is 5.69 Å². The summed E-state index contributed by atoms with van der Waals surface area (Å²) in [6, 6.07) is 19.3. The van der Waals surface area contributed by atoms with Gasteiger partial charge in [-0.15, -0.1) is 0 Å². The summed E-state index contributed by atoms with van der Waals surface area (Å²) < 4.78 is 39.5. The molecule has 0 radical (unpaired) electrons. The first-order valence-corrected chi connectivity index (χ1v) is 14.0. The van der Waals surface area contributed by atoms with Crippen LogP contribution in [0.15, 0.2) is 77.7 Å². The molecular weight excluding hydrogens is 518 g/mol. The van der Waals surface area contributed by atoms with Crippen molar-refractivity contribution in [2.24, 2.45) is 0 Å². The van der Waals surface area contributed by atoms with Crippen molar-refractivity contribution in [1.29, 1.82) is 0 Å². The van der Waals surface area contributed by atoms with Crippen LogP contribution >= 0.6 is 0 Å². The van der Waals surface area contributed by atoms with Crippen molar-refractivity contribution in [3.05, 3.63) is 83.9 Å². The lowest BCUT2D eigenvalue weighted by Crippen LogP contribution is -2.51. The van der Waals surface area contributed by atoms with Crippen molar-refractivity contribution in [3.8, 4) is 11.5 Å². The number of anilines is 1. The highest BCUT2D eigenvalue weighted by Gasteiger charge is 2.33. The van der Waals surface area contributed by atoms with Crippen LogP contribution in [-0.2, 0) is 26.2 Å². The molecule has 0 aliphatic carbocycles. The zero-order chi connectivity index (χ0) is 28.6. The number of sulfonamides is 1. The van der Waals surface area contributed by atoms with E-state index >= 15 is 0 Å². The number of hydrogen-bond acceptors (Lipinski definition) is 6. The van der Waals surface area contributed by atoms with Gasteiger partial charge in [0, 0.05) is 19.7 Å². The van der Waals surface area contributed by atoms with E-state index in [0.29, 0.717) is 17.9 Å². The highest BCUT2D eigenvalue weighted by atomic mass is 32.2. The van der Waals surface area contributed by atoms with Crippen molar-refractivity contribution in [1.82, 2.24) is 10.2 Å². The predicted molar refractivity (Wildman–Crippen MR) is 150 cm³/mol. The molecule has 0 heterocycles. The van der Waals surface area contributed by atoms with Gasteiger partial charge in [-0.25, -0.2) is 8.42 Å². The molecule has 3 rings (SSSR count). The largest absolute Gasteiger partial charge is 0.497 e. The van der Waals surface area contributed by atoms with E-state index in [0.717, 1.165) is 15.4 Å². The number of likely N-dealkylation sites (N-methyl/N-ethyl adjacent to an activating group) is 1. The number of hydrogen-bond donors (Lipinski definition) is 1. The maximum absolute atomic E-state index is 14.0. The molecule has 0 saturated heterocycles. The van der Waals surface area contributed by atoms with Crippen molar-refractivity contribution in [3.63, 3.8) is 0 Å². The average Bonchev–Trinajstić information content (AvgIpc) is 2.95. The molecule has 0 aromatic heterocycles. The van der Waals surface area contributed by atoms with Crippen LogP contribution in [0.25, 0.3) is 0 Å². The summed E-state index contributed by atoms with van der Waals surface area (Å²) in [6.07, 6.45) is 0.333. The standard InChI is InChI=1S/C29H35N3O6S/c1-6-27(29(34)30-3)31(19-22-9-7-11-24(17-22)37-4)28(33)20-32(23-10-8-12-25(18-23)38-5)39(35,36)26-15-13-21(2)14-16-26/h7-18,27H,6,19-20H2,1-5H3,(H,30,34)/t27-/m0/s1. The lowest BCUT2D eigenvalue weighted by Gasteiger charge is -2.33. The van der Waals surface area contributed by atoms with Crippen LogP contribution in [-0.4, -0.2) is 59.0 Å². The Morgan fingerprint density at radius 3 is 2.13 bits per heavy atom. The van der Waals surface area contributed by atoms with Gasteiger partial charge < -0.3 is 19.7 Å². The molecule has 0 bridgehead atoms. The Morgan fingerprint density at radius 2 is 1.54 bits per heavy atom. The summed E-state index contributed by atoms with van der Waals surface area (Å²) in [5.74, 6) is 0.164. The SMILES string of the molecule is CC[C@@H](C(=O)NC)N(Cc1cccc(OC)c1)C(=O)CN(c1cccc(OC)c1)S(=O)(=O)c1ccc(C)cc1. The van der Waals surface area contributed by atoms with E-state index < -0.39 is 28.5 Å². The molecule has 0 fully saturated rings. The molecule has 0 aliphatic rings. The molecule has 3 aromatic carbocycles. The number of nitrogens with zero attached hydrogens (tertiary/aromatic N) is 2. The molecular formula is C29H35N3O6S. The van der Waals surface area contributed by atoms with Gasteiger partial charge in [-0.05, 0) is 55.3 Å². The number of carbonyl (C=O) groups is 2. The first-order valence-electron chi connectivity index (χ1n) is 12.5. The topological polar surface area (TPSA) is 105 Å². The Bertz CT molecular complexity index is 1390. The summed E-state index contributed by atoms with van der Waals surface area (Å²) >= 11 is 0. The maximum atomic E-state index is 14.0. The number of carbonyl (C=O) groups excluding carboxylic acids is 2. The number of amides is 2. The smallest absolute Gasteiger partial charge is 0.264 e. The third-order valence-electron chi connectivity index (χ3n) is 6.35. The summed E-state index contributed by atoms with van der Waals surface area (Å²) in [5.41, 5.74) is 1.90. The van der Waals surface area contributed by atoms with Crippen molar-refractivity contribution in [2.45, 2.75) is 37.8 Å². The summed E-state index contributed by atoms with van der Waals surface area (Å²) in [6.45, 7) is 3.22. The average molecular weight is 554 g/mol. The Hall–Kier alpha value is -4.05. The Balaban J connectivity index is 2.08. The lowest BCUT2D eigenvalue weighted by atomic mass is 10.1. The fourth-order valence-electron chi connectivity index (χ4n) is 4.19. The highest BCUT2D eigenvalue weighted by molar-refractivity contribution is 7.92. The van der Waals surface area contributed by atoms with Crippen molar-refractivity contribution < 1.29 is 27.5 Å². The first kappa shape index (κ1) is 29.5. The normalized spacial score (nSPS) is 11.8. The second-order valence-electron chi connectivity index (χ2n) is 8.94.